The standard InChI is InChI=1S/C13H19ClN2/c1-15-12(7-10-3-2-4-10)8-11-5-6-16-9-13(11)14/h5-6,9-10,12,15H,2-4,7-8H2,1H3. The molecule has 1 heterocycles. The molecule has 2 rings (SSSR count). The molecule has 1 N–H and O–H groups in total. The van der Waals surface area contributed by atoms with Crippen LogP contribution in [0.2, 0.25) is 5.02 Å². The molecule has 1 aliphatic carbocycles. The van der Waals surface area contributed by atoms with Crippen molar-refractivity contribution in [2.45, 2.75) is 38.1 Å². The van der Waals surface area contributed by atoms with Crippen molar-refractivity contribution in [1.82, 2.24) is 10.3 Å². The van der Waals surface area contributed by atoms with Crippen molar-refractivity contribution < 1.29 is 0 Å². The number of aromatic nitrogens is 1. The van der Waals surface area contributed by atoms with Crippen LogP contribution in [-0.2, 0) is 6.42 Å². The maximum absolute atomic E-state index is 6.12. The van der Waals surface area contributed by atoms with Crippen molar-refractivity contribution in [3.8, 4) is 0 Å². The van der Waals surface area contributed by atoms with Gasteiger partial charge in [0.2, 0.25) is 0 Å². The highest BCUT2D eigenvalue weighted by Crippen LogP contribution is 2.31. The van der Waals surface area contributed by atoms with Crippen LogP contribution in [0.4, 0.5) is 0 Å². The smallest absolute Gasteiger partial charge is 0.0621 e. The Kier molecular flexibility index (Phi) is 4.19. The zero-order valence-corrected chi connectivity index (χ0v) is 10.5. The van der Waals surface area contributed by atoms with Gasteiger partial charge in [0.05, 0.1) is 5.02 Å². The Balaban J connectivity index is 1.92. The van der Waals surface area contributed by atoms with Crippen molar-refractivity contribution in [2.24, 2.45) is 5.92 Å². The molecule has 1 aromatic heterocycles. The molecule has 3 heteroatoms. The van der Waals surface area contributed by atoms with E-state index >= 15 is 0 Å². The number of likely N-dealkylation sites (N-methyl/N-ethyl adjacent to an activating group) is 1. The second kappa shape index (κ2) is 5.65. The fourth-order valence-electron chi connectivity index (χ4n) is 2.27. The topological polar surface area (TPSA) is 24.9 Å². The van der Waals surface area contributed by atoms with E-state index in [-0.39, 0.29) is 0 Å². The molecule has 1 saturated carbocycles. The molecule has 1 aromatic rings. The van der Waals surface area contributed by atoms with E-state index in [0.717, 1.165) is 17.4 Å². The van der Waals surface area contributed by atoms with Gasteiger partial charge >= 0.3 is 0 Å². The maximum atomic E-state index is 6.12. The number of rotatable bonds is 5. The first-order valence-electron chi connectivity index (χ1n) is 6.05. The average Bonchev–Trinajstić information content (AvgIpc) is 2.24. The number of hydrogen-bond donors (Lipinski definition) is 1. The largest absolute Gasteiger partial charge is 0.317 e. The van der Waals surface area contributed by atoms with Crippen molar-refractivity contribution in [1.29, 1.82) is 0 Å². The summed E-state index contributed by atoms with van der Waals surface area (Å²) in [5.74, 6) is 0.929. The van der Waals surface area contributed by atoms with Crippen LogP contribution in [0, 0.1) is 5.92 Å². The van der Waals surface area contributed by atoms with E-state index < -0.39 is 0 Å². The van der Waals surface area contributed by atoms with E-state index in [1.165, 1.54) is 31.2 Å². The van der Waals surface area contributed by atoms with E-state index in [9.17, 15) is 0 Å². The fraction of sp³-hybridized carbons (Fsp3) is 0.615. The second-order valence-electron chi connectivity index (χ2n) is 4.69. The molecule has 0 aliphatic heterocycles. The third-order valence-electron chi connectivity index (χ3n) is 3.57. The molecule has 0 amide bonds. The van der Waals surface area contributed by atoms with E-state index in [1.807, 2.05) is 19.3 Å². The molecular formula is C13H19ClN2. The Hall–Kier alpha value is -0.600. The zero-order chi connectivity index (χ0) is 11.4. The predicted octanol–water partition coefficient (Wildman–Crippen LogP) is 3.06. The van der Waals surface area contributed by atoms with Gasteiger partial charge in [-0.1, -0.05) is 30.9 Å². The van der Waals surface area contributed by atoms with E-state index in [0.29, 0.717) is 6.04 Å². The van der Waals surface area contributed by atoms with Crippen LogP contribution in [0.25, 0.3) is 0 Å². The van der Waals surface area contributed by atoms with Gasteiger partial charge in [-0.3, -0.25) is 4.98 Å². The summed E-state index contributed by atoms with van der Waals surface area (Å²) in [5.41, 5.74) is 1.20. The van der Waals surface area contributed by atoms with Crippen LogP contribution < -0.4 is 5.32 Å². The van der Waals surface area contributed by atoms with Gasteiger partial charge in [0.1, 0.15) is 0 Å². The van der Waals surface area contributed by atoms with Crippen molar-refractivity contribution in [3.63, 3.8) is 0 Å². The van der Waals surface area contributed by atoms with E-state index in [2.05, 4.69) is 10.3 Å². The third-order valence-corrected chi connectivity index (χ3v) is 3.91. The quantitative estimate of drug-likeness (QED) is 0.853. The number of hydrogen-bond acceptors (Lipinski definition) is 2. The van der Waals surface area contributed by atoms with Gasteiger partial charge in [0.15, 0.2) is 0 Å². The summed E-state index contributed by atoms with van der Waals surface area (Å²) in [5, 5.41) is 4.19. The highest BCUT2D eigenvalue weighted by Gasteiger charge is 2.21. The number of halogens is 1. The molecule has 1 atom stereocenters. The Morgan fingerprint density at radius 1 is 1.56 bits per heavy atom. The van der Waals surface area contributed by atoms with Gasteiger partial charge in [0, 0.05) is 18.4 Å². The van der Waals surface area contributed by atoms with E-state index in [1.54, 1.807) is 6.20 Å². The van der Waals surface area contributed by atoms with Gasteiger partial charge in [-0.05, 0) is 37.4 Å². The highest BCUT2D eigenvalue weighted by atomic mass is 35.5. The van der Waals surface area contributed by atoms with Crippen LogP contribution in [0.15, 0.2) is 18.5 Å². The lowest BCUT2D eigenvalue weighted by molar-refractivity contribution is 0.263. The number of pyridine rings is 1. The van der Waals surface area contributed by atoms with Crippen LogP contribution in [0.5, 0.6) is 0 Å². The Labute approximate surface area is 102 Å². The first kappa shape index (κ1) is 11.9. The lowest BCUT2D eigenvalue weighted by Gasteiger charge is -2.29. The summed E-state index contributed by atoms with van der Waals surface area (Å²) in [4.78, 5) is 4.01. The normalized spacial score (nSPS) is 18.1. The lowest BCUT2D eigenvalue weighted by Crippen LogP contribution is -2.32. The third kappa shape index (κ3) is 2.96. The molecule has 88 valence electrons. The van der Waals surface area contributed by atoms with Crippen LogP contribution in [-0.4, -0.2) is 18.1 Å². The molecule has 0 spiro atoms. The molecule has 1 fully saturated rings. The molecule has 2 nitrogen and oxygen atoms in total. The first-order valence-corrected chi connectivity index (χ1v) is 6.43. The molecule has 0 saturated heterocycles. The Bertz CT molecular complexity index is 336. The SMILES string of the molecule is CNC(Cc1ccncc1Cl)CC1CCC1. The summed E-state index contributed by atoms with van der Waals surface area (Å²) in [6.45, 7) is 0. The summed E-state index contributed by atoms with van der Waals surface area (Å²) in [7, 11) is 2.04. The van der Waals surface area contributed by atoms with Gasteiger partial charge in [0.25, 0.3) is 0 Å². The fourth-order valence-corrected chi connectivity index (χ4v) is 2.47. The highest BCUT2D eigenvalue weighted by molar-refractivity contribution is 6.31. The van der Waals surface area contributed by atoms with Gasteiger partial charge < -0.3 is 5.32 Å². The summed E-state index contributed by atoms with van der Waals surface area (Å²) >= 11 is 6.12. The monoisotopic (exact) mass is 238 g/mol. The predicted molar refractivity (Wildman–Crippen MR) is 67.8 cm³/mol. The minimum absolute atomic E-state index is 0.546. The molecule has 0 aromatic carbocycles. The second-order valence-corrected chi connectivity index (χ2v) is 5.10. The maximum Gasteiger partial charge on any atom is 0.0621 e. The summed E-state index contributed by atoms with van der Waals surface area (Å²) in [6, 6.07) is 2.57. The van der Waals surface area contributed by atoms with Gasteiger partial charge in [-0.25, -0.2) is 0 Å². The van der Waals surface area contributed by atoms with E-state index in [4.69, 9.17) is 11.6 Å². The first-order chi connectivity index (χ1) is 7.79. The number of nitrogens with one attached hydrogen (secondary N) is 1. The van der Waals surface area contributed by atoms with Crippen LogP contribution >= 0.6 is 11.6 Å². The van der Waals surface area contributed by atoms with Gasteiger partial charge in [-0.15, -0.1) is 0 Å². The van der Waals surface area contributed by atoms with Gasteiger partial charge in [-0.2, -0.15) is 0 Å². The van der Waals surface area contributed by atoms with Crippen molar-refractivity contribution in [2.75, 3.05) is 7.05 Å². The molecule has 16 heavy (non-hydrogen) atoms. The van der Waals surface area contributed by atoms with Crippen molar-refractivity contribution in [3.05, 3.63) is 29.0 Å². The molecule has 1 aliphatic rings. The van der Waals surface area contributed by atoms with Crippen LogP contribution in [0.3, 0.4) is 0 Å². The minimum Gasteiger partial charge on any atom is -0.317 e. The summed E-state index contributed by atoms with van der Waals surface area (Å²) in [6.07, 6.45) is 10.1. The van der Waals surface area contributed by atoms with Crippen molar-refractivity contribution >= 4 is 11.6 Å². The lowest BCUT2D eigenvalue weighted by atomic mass is 9.80. The molecule has 0 radical (unpaired) electrons. The molecule has 0 bridgehead atoms. The molecular weight excluding hydrogens is 220 g/mol. The average molecular weight is 239 g/mol. The zero-order valence-electron chi connectivity index (χ0n) is 9.75. The molecule has 1 unspecified atom stereocenters. The summed E-state index contributed by atoms with van der Waals surface area (Å²) < 4.78 is 0. The van der Waals surface area contributed by atoms with Crippen LogP contribution in [0.1, 0.15) is 31.2 Å². The number of nitrogens with zero attached hydrogens (tertiary/aromatic N) is 1. The minimum atomic E-state index is 0.546. The Morgan fingerprint density at radius 2 is 2.38 bits per heavy atom. The Morgan fingerprint density at radius 3 is 2.94 bits per heavy atom.